The summed E-state index contributed by atoms with van der Waals surface area (Å²) in [5.41, 5.74) is 2.77. The molecule has 2 N–H and O–H groups in total. The third-order valence-electron chi connectivity index (χ3n) is 2.87. The number of phenolic OH excluding ortho intramolecular Hbond substituents is 2. The number of fused-ring (bicyclic) bond motifs is 1. The molecule has 1 heterocycles. The Balaban J connectivity index is 0.000000160. The molecule has 0 unspecified atom stereocenters. The highest BCUT2D eigenvalue weighted by atomic mass is 16.3. The Kier molecular flexibility index (Phi) is 4.20. The fourth-order valence-electron chi connectivity index (χ4n) is 1.77. The molecule has 0 amide bonds. The highest BCUT2D eigenvalue weighted by Gasteiger charge is 1.98. The summed E-state index contributed by atoms with van der Waals surface area (Å²) < 4.78 is 0. The molecule has 0 saturated carbocycles. The molecule has 0 aliphatic rings. The normalized spacial score (nSPS) is 9.90. The SMILES string of the molecule is Cc1ccc(O)cc1.Cc1ccc2cccc(O)c2n1. The van der Waals surface area contributed by atoms with E-state index in [4.69, 9.17) is 5.11 Å². The molecule has 102 valence electrons. The molecule has 0 radical (unpaired) electrons. The smallest absolute Gasteiger partial charge is 0.141 e. The monoisotopic (exact) mass is 267 g/mol. The molecule has 0 spiro atoms. The van der Waals surface area contributed by atoms with Crippen molar-refractivity contribution in [2.75, 3.05) is 0 Å². The number of aromatic nitrogens is 1. The van der Waals surface area contributed by atoms with E-state index in [0.717, 1.165) is 11.1 Å². The van der Waals surface area contributed by atoms with Crippen LogP contribution in [0.3, 0.4) is 0 Å². The first-order chi connectivity index (χ1) is 9.56. The molecule has 1 aromatic heterocycles. The zero-order chi connectivity index (χ0) is 14.5. The Labute approximate surface area is 118 Å². The van der Waals surface area contributed by atoms with E-state index in [9.17, 15) is 5.11 Å². The molecule has 3 nitrogen and oxygen atoms in total. The van der Waals surface area contributed by atoms with E-state index < -0.39 is 0 Å². The van der Waals surface area contributed by atoms with E-state index in [0.29, 0.717) is 11.3 Å². The maximum Gasteiger partial charge on any atom is 0.141 e. The first-order valence-electron chi connectivity index (χ1n) is 6.37. The number of rotatable bonds is 0. The van der Waals surface area contributed by atoms with Crippen molar-refractivity contribution in [1.82, 2.24) is 4.98 Å². The highest BCUT2D eigenvalue weighted by molar-refractivity contribution is 5.84. The Morgan fingerprint density at radius 3 is 2.15 bits per heavy atom. The fourth-order valence-corrected chi connectivity index (χ4v) is 1.77. The zero-order valence-electron chi connectivity index (χ0n) is 11.5. The van der Waals surface area contributed by atoms with Gasteiger partial charge >= 0.3 is 0 Å². The first kappa shape index (κ1) is 13.9. The van der Waals surface area contributed by atoms with Gasteiger partial charge in [-0.2, -0.15) is 0 Å². The summed E-state index contributed by atoms with van der Waals surface area (Å²) in [4.78, 5) is 4.23. The van der Waals surface area contributed by atoms with Gasteiger partial charge in [-0.15, -0.1) is 0 Å². The minimum Gasteiger partial charge on any atom is -0.508 e. The third-order valence-corrected chi connectivity index (χ3v) is 2.87. The van der Waals surface area contributed by atoms with Crippen molar-refractivity contribution in [2.45, 2.75) is 13.8 Å². The predicted octanol–water partition coefficient (Wildman–Crippen LogP) is 3.95. The molecular weight excluding hydrogens is 250 g/mol. The molecule has 0 aliphatic carbocycles. The number of hydrogen-bond donors (Lipinski definition) is 2. The van der Waals surface area contributed by atoms with Gasteiger partial charge < -0.3 is 10.2 Å². The lowest BCUT2D eigenvalue weighted by Crippen LogP contribution is -1.82. The molecule has 3 heteroatoms. The molecule has 0 bridgehead atoms. The van der Waals surface area contributed by atoms with E-state index in [-0.39, 0.29) is 5.75 Å². The number of aryl methyl sites for hydroxylation is 2. The number of para-hydroxylation sites is 1. The van der Waals surface area contributed by atoms with E-state index in [1.54, 1.807) is 18.2 Å². The fraction of sp³-hybridized carbons (Fsp3) is 0.118. The molecule has 3 rings (SSSR count). The van der Waals surface area contributed by atoms with Gasteiger partial charge in [-0.3, -0.25) is 0 Å². The van der Waals surface area contributed by atoms with Crippen molar-refractivity contribution in [3.63, 3.8) is 0 Å². The van der Waals surface area contributed by atoms with Crippen LogP contribution in [0.5, 0.6) is 11.5 Å². The summed E-state index contributed by atoms with van der Waals surface area (Å²) >= 11 is 0. The Morgan fingerprint density at radius 2 is 1.50 bits per heavy atom. The van der Waals surface area contributed by atoms with Crippen LogP contribution in [0.4, 0.5) is 0 Å². The van der Waals surface area contributed by atoms with E-state index in [1.807, 2.05) is 50.2 Å². The minimum absolute atomic E-state index is 0.246. The second-order valence-electron chi connectivity index (χ2n) is 4.64. The van der Waals surface area contributed by atoms with Gasteiger partial charge in [0, 0.05) is 11.1 Å². The summed E-state index contributed by atoms with van der Waals surface area (Å²) in [7, 11) is 0. The minimum atomic E-state index is 0.246. The molecule has 0 atom stereocenters. The van der Waals surface area contributed by atoms with Crippen LogP contribution in [0.15, 0.2) is 54.6 Å². The Bertz CT molecular complexity index is 685. The molecular formula is C17H17NO2. The van der Waals surface area contributed by atoms with Gasteiger partial charge in [0.1, 0.15) is 17.0 Å². The first-order valence-corrected chi connectivity index (χ1v) is 6.37. The molecule has 0 saturated heterocycles. The second-order valence-corrected chi connectivity index (χ2v) is 4.64. The van der Waals surface area contributed by atoms with Crippen LogP contribution in [0.25, 0.3) is 10.9 Å². The van der Waals surface area contributed by atoms with Crippen molar-refractivity contribution in [1.29, 1.82) is 0 Å². The molecule has 3 aromatic rings. The van der Waals surface area contributed by atoms with Crippen LogP contribution in [0, 0.1) is 13.8 Å². The second kappa shape index (κ2) is 6.06. The van der Waals surface area contributed by atoms with Crippen LogP contribution >= 0.6 is 0 Å². The average molecular weight is 267 g/mol. The number of pyridine rings is 1. The number of phenols is 2. The molecule has 2 aromatic carbocycles. The summed E-state index contributed by atoms with van der Waals surface area (Å²) in [6.45, 7) is 3.89. The van der Waals surface area contributed by atoms with Crippen LogP contribution in [0.2, 0.25) is 0 Å². The third kappa shape index (κ3) is 3.48. The van der Waals surface area contributed by atoms with Crippen molar-refractivity contribution in [3.8, 4) is 11.5 Å². The number of benzene rings is 2. The van der Waals surface area contributed by atoms with Crippen molar-refractivity contribution >= 4 is 10.9 Å². The highest BCUT2D eigenvalue weighted by Crippen LogP contribution is 2.21. The van der Waals surface area contributed by atoms with Gasteiger partial charge in [0.2, 0.25) is 0 Å². The van der Waals surface area contributed by atoms with Crippen molar-refractivity contribution in [3.05, 3.63) is 65.9 Å². The summed E-state index contributed by atoms with van der Waals surface area (Å²) in [6.07, 6.45) is 0. The standard InChI is InChI=1S/C10H9NO.C7H8O/c1-7-5-6-8-3-2-4-9(12)10(8)11-7;1-6-2-4-7(8)5-3-6/h2-6,12H,1H3;2-5,8H,1H3. The van der Waals surface area contributed by atoms with Gasteiger partial charge in [-0.25, -0.2) is 4.98 Å². The predicted molar refractivity (Wildman–Crippen MR) is 81.0 cm³/mol. The molecule has 0 fully saturated rings. The maximum absolute atomic E-state index is 9.43. The van der Waals surface area contributed by atoms with E-state index in [1.165, 1.54) is 5.56 Å². The van der Waals surface area contributed by atoms with Gasteiger partial charge in [-0.1, -0.05) is 35.9 Å². The van der Waals surface area contributed by atoms with Crippen LogP contribution < -0.4 is 0 Å². The average Bonchev–Trinajstić information content (AvgIpc) is 2.44. The van der Waals surface area contributed by atoms with Crippen LogP contribution in [-0.4, -0.2) is 15.2 Å². The lowest BCUT2D eigenvalue weighted by Gasteiger charge is -1.99. The largest absolute Gasteiger partial charge is 0.508 e. The quantitative estimate of drug-likeness (QED) is 0.648. The number of hydrogen-bond acceptors (Lipinski definition) is 3. The van der Waals surface area contributed by atoms with Gasteiger partial charge in [0.25, 0.3) is 0 Å². The number of nitrogens with zero attached hydrogens (tertiary/aromatic N) is 1. The van der Waals surface area contributed by atoms with Crippen LogP contribution in [-0.2, 0) is 0 Å². The van der Waals surface area contributed by atoms with Gasteiger partial charge in [0.15, 0.2) is 0 Å². The van der Waals surface area contributed by atoms with Gasteiger partial charge in [-0.05, 0) is 38.1 Å². The lowest BCUT2D eigenvalue weighted by molar-refractivity contribution is 0.475. The van der Waals surface area contributed by atoms with Crippen LogP contribution in [0.1, 0.15) is 11.3 Å². The molecule has 20 heavy (non-hydrogen) atoms. The van der Waals surface area contributed by atoms with Crippen molar-refractivity contribution < 1.29 is 10.2 Å². The van der Waals surface area contributed by atoms with Gasteiger partial charge in [0.05, 0.1) is 0 Å². The van der Waals surface area contributed by atoms with Crippen molar-refractivity contribution in [2.24, 2.45) is 0 Å². The number of aromatic hydroxyl groups is 2. The zero-order valence-corrected chi connectivity index (χ0v) is 11.5. The van der Waals surface area contributed by atoms with E-state index >= 15 is 0 Å². The summed E-state index contributed by atoms with van der Waals surface area (Å²) in [5, 5.41) is 19.2. The Morgan fingerprint density at radius 1 is 0.800 bits per heavy atom. The summed E-state index contributed by atoms with van der Waals surface area (Å²) in [6, 6.07) is 16.4. The Hall–Kier alpha value is -2.55. The topological polar surface area (TPSA) is 53.4 Å². The summed E-state index contributed by atoms with van der Waals surface area (Å²) in [5.74, 6) is 0.576. The lowest BCUT2D eigenvalue weighted by atomic mass is 10.2. The molecule has 0 aliphatic heterocycles. The van der Waals surface area contributed by atoms with E-state index in [2.05, 4.69) is 4.98 Å². The maximum atomic E-state index is 9.43.